The molecule has 3 nitrogen and oxygen atoms in total. The van der Waals surface area contributed by atoms with E-state index < -0.39 is 23.4 Å². The third kappa shape index (κ3) is 3.24. The van der Waals surface area contributed by atoms with Gasteiger partial charge in [-0.1, -0.05) is 31.5 Å². The molecule has 1 heterocycles. The summed E-state index contributed by atoms with van der Waals surface area (Å²) in [7, 11) is 0. The zero-order valence-electron chi connectivity index (χ0n) is 15.8. The van der Waals surface area contributed by atoms with E-state index in [2.05, 4.69) is 6.92 Å². The Morgan fingerprint density at radius 3 is 2.45 bits per heavy atom. The number of primary amides is 1. The van der Waals surface area contributed by atoms with Gasteiger partial charge in [0.1, 0.15) is 5.82 Å². The van der Waals surface area contributed by atoms with Crippen LogP contribution in [0.3, 0.4) is 0 Å². The molecule has 0 aliphatic heterocycles. The van der Waals surface area contributed by atoms with E-state index in [-0.39, 0.29) is 12.1 Å². The highest BCUT2D eigenvalue weighted by Crippen LogP contribution is 2.33. The zero-order chi connectivity index (χ0) is 20.7. The Hall–Kier alpha value is -3.28. The Morgan fingerprint density at radius 2 is 1.72 bits per heavy atom. The van der Waals surface area contributed by atoms with Crippen LogP contribution in [0.25, 0.3) is 21.8 Å². The molecule has 3 aromatic carbocycles. The maximum Gasteiger partial charge on any atom is 0.249 e. The van der Waals surface area contributed by atoms with Gasteiger partial charge in [0.2, 0.25) is 5.91 Å². The highest BCUT2D eigenvalue weighted by atomic mass is 19.2. The maximum absolute atomic E-state index is 14.3. The first kappa shape index (κ1) is 19.1. The fourth-order valence-electron chi connectivity index (χ4n) is 3.86. The molecule has 148 valence electrons. The van der Waals surface area contributed by atoms with Crippen molar-refractivity contribution in [3.05, 3.63) is 82.7 Å². The van der Waals surface area contributed by atoms with E-state index in [0.29, 0.717) is 22.5 Å². The van der Waals surface area contributed by atoms with Gasteiger partial charge in [-0.3, -0.25) is 4.79 Å². The van der Waals surface area contributed by atoms with E-state index >= 15 is 0 Å². The number of fused-ring (bicyclic) bond motifs is 3. The second-order valence-corrected chi connectivity index (χ2v) is 7.11. The summed E-state index contributed by atoms with van der Waals surface area (Å²) < 4.78 is 43.2. The summed E-state index contributed by atoms with van der Waals surface area (Å²) in [5.74, 6) is -3.72. The Bertz CT molecular complexity index is 1260. The van der Waals surface area contributed by atoms with Crippen molar-refractivity contribution >= 4 is 27.7 Å². The lowest BCUT2D eigenvalue weighted by Gasteiger charge is -2.10. The first-order valence-corrected chi connectivity index (χ1v) is 9.37. The molecule has 0 aliphatic carbocycles. The predicted octanol–water partition coefficient (Wildman–Crippen LogP) is 5.31. The summed E-state index contributed by atoms with van der Waals surface area (Å²) in [4.78, 5) is 12.0. The van der Waals surface area contributed by atoms with Crippen molar-refractivity contribution < 1.29 is 18.0 Å². The van der Waals surface area contributed by atoms with Gasteiger partial charge in [0.05, 0.1) is 12.1 Å². The first-order valence-electron chi connectivity index (χ1n) is 9.37. The third-order valence-electron chi connectivity index (χ3n) is 5.18. The quantitative estimate of drug-likeness (QED) is 0.457. The number of carbonyl (C=O) groups excluding carboxylic acids is 1. The second-order valence-electron chi connectivity index (χ2n) is 7.11. The molecule has 6 heteroatoms. The number of hydrogen-bond acceptors (Lipinski definition) is 1. The Balaban J connectivity index is 2.02. The number of hydrogen-bond donors (Lipinski definition) is 1. The van der Waals surface area contributed by atoms with Crippen LogP contribution in [0.15, 0.2) is 48.5 Å². The minimum atomic E-state index is -1.23. The molecule has 2 N–H and O–H groups in total. The van der Waals surface area contributed by atoms with E-state index in [0.717, 1.165) is 35.4 Å². The molecule has 0 saturated heterocycles. The van der Waals surface area contributed by atoms with Crippen LogP contribution in [0.4, 0.5) is 13.2 Å². The highest BCUT2D eigenvalue weighted by molar-refractivity contribution is 6.17. The summed E-state index contributed by atoms with van der Waals surface area (Å²) >= 11 is 0. The van der Waals surface area contributed by atoms with E-state index in [1.54, 1.807) is 18.2 Å². The molecule has 4 aromatic rings. The molecule has 0 unspecified atom stereocenters. The van der Waals surface area contributed by atoms with Crippen molar-refractivity contribution in [2.75, 3.05) is 0 Å². The number of nitrogens with zero attached hydrogens (tertiary/aromatic N) is 1. The van der Waals surface area contributed by atoms with Gasteiger partial charge in [-0.05, 0) is 36.2 Å². The molecule has 0 spiro atoms. The van der Waals surface area contributed by atoms with Gasteiger partial charge in [-0.15, -0.1) is 0 Å². The molecule has 1 aromatic heterocycles. The van der Waals surface area contributed by atoms with Gasteiger partial charge < -0.3 is 10.3 Å². The summed E-state index contributed by atoms with van der Waals surface area (Å²) in [5, 5.41) is 1.47. The van der Waals surface area contributed by atoms with Crippen LogP contribution in [-0.2, 0) is 13.0 Å². The van der Waals surface area contributed by atoms with Crippen LogP contribution < -0.4 is 5.73 Å². The summed E-state index contributed by atoms with van der Waals surface area (Å²) in [6, 6.07) is 12.5. The molecule has 0 fully saturated rings. The molecular weight excluding hydrogens is 377 g/mol. The monoisotopic (exact) mass is 396 g/mol. The molecule has 0 radical (unpaired) electrons. The van der Waals surface area contributed by atoms with Crippen LogP contribution in [0.5, 0.6) is 0 Å². The predicted molar refractivity (Wildman–Crippen MR) is 107 cm³/mol. The SMILES string of the molecule is CCCc1ccc2c3c(C(N)=O)cccc3n(Cc3cc(F)c(F)cc3F)c2c1. The van der Waals surface area contributed by atoms with Crippen molar-refractivity contribution in [3.8, 4) is 0 Å². The second kappa shape index (κ2) is 7.28. The molecule has 4 rings (SSSR count). The van der Waals surface area contributed by atoms with Crippen LogP contribution in [0.2, 0.25) is 0 Å². The van der Waals surface area contributed by atoms with Gasteiger partial charge in [0, 0.05) is 33.5 Å². The summed E-state index contributed by atoms with van der Waals surface area (Å²) in [6.45, 7) is 2.06. The normalized spacial score (nSPS) is 11.4. The largest absolute Gasteiger partial charge is 0.366 e. The number of aryl methyl sites for hydroxylation is 1. The average Bonchev–Trinajstić information content (AvgIpc) is 2.99. The Labute approximate surface area is 165 Å². The number of carbonyl (C=O) groups is 1. The standard InChI is InChI=1S/C23H19F3N2O/c1-2-4-13-7-8-15-21(9-13)28(12-14-10-18(25)19(26)11-17(14)24)20-6-3-5-16(22(15)20)23(27)29/h3,5-11H,2,4,12H2,1H3,(H2,27,29). The fourth-order valence-corrected chi connectivity index (χ4v) is 3.86. The lowest BCUT2D eigenvalue weighted by molar-refractivity contribution is 0.100. The van der Waals surface area contributed by atoms with Gasteiger partial charge in [0.25, 0.3) is 0 Å². The molecular formula is C23H19F3N2O. The number of nitrogens with two attached hydrogens (primary N) is 1. The van der Waals surface area contributed by atoms with Crippen LogP contribution in [0, 0.1) is 17.5 Å². The number of benzene rings is 3. The van der Waals surface area contributed by atoms with Crippen molar-refractivity contribution in [1.29, 1.82) is 0 Å². The number of halogens is 3. The number of aromatic nitrogens is 1. The molecule has 0 saturated carbocycles. The summed E-state index contributed by atoms with van der Waals surface area (Å²) in [5.41, 5.74) is 8.50. The molecule has 29 heavy (non-hydrogen) atoms. The van der Waals surface area contributed by atoms with Crippen molar-refractivity contribution in [2.24, 2.45) is 5.73 Å². The first-order chi connectivity index (χ1) is 13.9. The maximum atomic E-state index is 14.3. The van der Waals surface area contributed by atoms with E-state index in [4.69, 9.17) is 5.73 Å². The average molecular weight is 396 g/mol. The van der Waals surface area contributed by atoms with Crippen LogP contribution in [-0.4, -0.2) is 10.5 Å². The third-order valence-corrected chi connectivity index (χ3v) is 5.18. The minimum Gasteiger partial charge on any atom is -0.366 e. The lowest BCUT2D eigenvalue weighted by Crippen LogP contribution is -2.11. The molecule has 0 bridgehead atoms. The zero-order valence-corrected chi connectivity index (χ0v) is 15.8. The van der Waals surface area contributed by atoms with Gasteiger partial charge >= 0.3 is 0 Å². The molecule has 0 atom stereocenters. The smallest absolute Gasteiger partial charge is 0.249 e. The van der Waals surface area contributed by atoms with Crippen molar-refractivity contribution in [2.45, 2.75) is 26.3 Å². The van der Waals surface area contributed by atoms with E-state index in [1.165, 1.54) is 0 Å². The molecule has 0 aliphatic rings. The minimum absolute atomic E-state index is 0.0131. The number of amides is 1. The van der Waals surface area contributed by atoms with Crippen LogP contribution in [0.1, 0.15) is 34.8 Å². The molecule has 1 amide bonds. The van der Waals surface area contributed by atoms with Crippen molar-refractivity contribution in [1.82, 2.24) is 4.57 Å². The number of rotatable bonds is 5. The van der Waals surface area contributed by atoms with Crippen LogP contribution >= 0.6 is 0 Å². The highest BCUT2D eigenvalue weighted by Gasteiger charge is 2.18. The van der Waals surface area contributed by atoms with Crippen molar-refractivity contribution in [3.63, 3.8) is 0 Å². The van der Waals surface area contributed by atoms with E-state index in [9.17, 15) is 18.0 Å². The Kier molecular flexibility index (Phi) is 4.78. The van der Waals surface area contributed by atoms with Gasteiger partial charge in [-0.2, -0.15) is 0 Å². The summed E-state index contributed by atoms with van der Waals surface area (Å²) in [6.07, 6.45) is 1.82. The van der Waals surface area contributed by atoms with E-state index in [1.807, 2.05) is 22.8 Å². The Morgan fingerprint density at radius 1 is 0.966 bits per heavy atom. The fraction of sp³-hybridized carbons (Fsp3) is 0.174. The van der Waals surface area contributed by atoms with Gasteiger partial charge in [-0.25, -0.2) is 13.2 Å². The lowest BCUT2D eigenvalue weighted by atomic mass is 10.0. The van der Waals surface area contributed by atoms with Gasteiger partial charge in [0.15, 0.2) is 11.6 Å². The topological polar surface area (TPSA) is 48.0 Å².